The maximum absolute atomic E-state index is 14.5. The van der Waals surface area contributed by atoms with Gasteiger partial charge in [-0.15, -0.1) is 0 Å². The minimum Gasteiger partial charge on any atom is -0.508 e. The molecule has 2 saturated carbocycles. The average molecular weight is 963 g/mol. The molecular formula is C61H68F2N2O6. The lowest BCUT2D eigenvalue weighted by Gasteiger charge is -2.29. The second kappa shape index (κ2) is 23.0. The molecule has 10 heteroatoms. The van der Waals surface area contributed by atoms with Crippen molar-refractivity contribution < 1.29 is 37.7 Å². The Morgan fingerprint density at radius 2 is 1.21 bits per heavy atom. The topological polar surface area (TPSA) is 108 Å². The highest BCUT2D eigenvalue weighted by molar-refractivity contribution is 5.74. The molecule has 0 saturated heterocycles. The van der Waals surface area contributed by atoms with Gasteiger partial charge in [-0.25, -0.2) is 8.78 Å². The minimum absolute atomic E-state index is 0.139. The molecule has 372 valence electrons. The number of phenolic OH excluding ortho intramolecular Hbond substituents is 1. The zero-order chi connectivity index (χ0) is 51.1. The fourth-order valence-corrected chi connectivity index (χ4v) is 10.1. The third-order valence-corrected chi connectivity index (χ3v) is 14.4. The summed E-state index contributed by atoms with van der Waals surface area (Å²) in [5.41, 5.74) is 12.4. The summed E-state index contributed by atoms with van der Waals surface area (Å²) >= 11 is 0. The Balaban J connectivity index is 0.000000173. The summed E-state index contributed by atoms with van der Waals surface area (Å²) in [6.45, 7) is 17.3. The first-order valence-electron chi connectivity index (χ1n) is 24.9. The summed E-state index contributed by atoms with van der Waals surface area (Å²) in [4.78, 5) is 33.3. The number of benzene rings is 4. The Labute approximate surface area is 418 Å². The van der Waals surface area contributed by atoms with Crippen molar-refractivity contribution in [2.24, 2.45) is 23.7 Å². The van der Waals surface area contributed by atoms with Crippen LogP contribution >= 0.6 is 0 Å². The number of nitrogens with zero attached hydrogens (tertiary/aromatic N) is 2. The van der Waals surface area contributed by atoms with E-state index in [0.717, 1.165) is 112 Å². The van der Waals surface area contributed by atoms with Crippen LogP contribution in [0.25, 0.3) is 28.3 Å². The van der Waals surface area contributed by atoms with Crippen molar-refractivity contribution in [3.8, 4) is 33.8 Å². The number of rotatable bonds is 13. The molecule has 0 amide bonds. The van der Waals surface area contributed by atoms with Crippen LogP contribution in [0.5, 0.6) is 11.5 Å². The van der Waals surface area contributed by atoms with Crippen LogP contribution in [0.2, 0.25) is 0 Å². The number of methoxy groups -OCH3 is 2. The number of pyridine rings is 2. The van der Waals surface area contributed by atoms with E-state index < -0.39 is 0 Å². The first-order valence-corrected chi connectivity index (χ1v) is 24.9. The van der Waals surface area contributed by atoms with Gasteiger partial charge in [0.2, 0.25) is 0 Å². The normalized spacial score (nSPS) is 16.5. The lowest BCUT2D eigenvalue weighted by atomic mass is 9.82. The SMILES string of the molecule is C=Cc1ccc(-c2cc(C)ccc2F)c(C)n1.CCc1ccc([C@H](C2CC2)[C@H](C)C(=O)OC)cc1O.COC(=O)[C@@H](C)[C@H](c1ccc2c(c1)OC(c1ccc(-c3cc(C)ccc3F)c(C)n1)CC2)C1CC1. The van der Waals surface area contributed by atoms with E-state index in [2.05, 4.69) is 29.8 Å². The van der Waals surface area contributed by atoms with Crippen LogP contribution in [-0.4, -0.2) is 41.2 Å². The molecule has 1 N–H and O–H groups in total. The van der Waals surface area contributed by atoms with Crippen molar-refractivity contribution in [2.45, 2.75) is 111 Å². The van der Waals surface area contributed by atoms with Crippen LogP contribution in [-0.2, 0) is 31.9 Å². The van der Waals surface area contributed by atoms with E-state index >= 15 is 0 Å². The summed E-state index contributed by atoms with van der Waals surface area (Å²) in [5, 5.41) is 10.0. The van der Waals surface area contributed by atoms with Crippen molar-refractivity contribution in [1.82, 2.24) is 9.97 Å². The number of esters is 2. The molecule has 6 aromatic rings. The number of fused-ring (bicyclic) bond motifs is 1. The van der Waals surface area contributed by atoms with Gasteiger partial charge in [0.05, 0.1) is 37.4 Å². The van der Waals surface area contributed by atoms with Crippen molar-refractivity contribution >= 4 is 18.0 Å². The summed E-state index contributed by atoms with van der Waals surface area (Å²) in [5.74, 6) is 1.41. The molecule has 8 nitrogen and oxygen atoms in total. The van der Waals surface area contributed by atoms with Gasteiger partial charge in [-0.05, 0) is 173 Å². The number of aromatic nitrogens is 2. The highest BCUT2D eigenvalue weighted by Gasteiger charge is 2.41. The van der Waals surface area contributed by atoms with Gasteiger partial charge in [0.25, 0.3) is 0 Å². The summed E-state index contributed by atoms with van der Waals surface area (Å²) in [7, 11) is 2.89. The number of aryl methyl sites for hydroxylation is 6. The molecule has 5 atom stereocenters. The molecule has 4 aromatic carbocycles. The Hall–Kier alpha value is -6.68. The lowest BCUT2D eigenvalue weighted by molar-refractivity contribution is -0.146. The van der Waals surface area contributed by atoms with Crippen LogP contribution < -0.4 is 4.74 Å². The van der Waals surface area contributed by atoms with E-state index in [1.807, 2.05) is 103 Å². The van der Waals surface area contributed by atoms with E-state index in [4.69, 9.17) is 19.2 Å². The monoisotopic (exact) mass is 963 g/mol. The van der Waals surface area contributed by atoms with Crippen LogP contribution in [0.1, 0.15) is 127 Å². The molecule has 0 spiro atoms. The van der Waals surface area contributed by atoms with Gasteiger partial charge in [0, 0.05) is 33.6 Å². The first kappa shape index (κ1) is 52.2. The fraction of sp³-hybridized carbons (Fsp3) is 0.377. The standard InChI is InChI=1S/C30H32FNO3.C16H22O3.C15H14FN/c1-17-5-12-25(31)24(15-17)23-11-13-26(32-19(23)3)27-14-10-20-6-9-22(16-28(20)35-27)29(21-7-8-21)18(2)30(33)34-4;1-4-11-5-8-13(9-14(11)17)15(12-6-7-12)10(2)16(18)19-3;1-4-12-6-7-13(11(3)17-12)14-9-10(2)5-8-15(14)16/h5-6,9,11-13,15-16,18,21,27,29H,7-8,10,14H2,1-4H3;5,8-10,12,15,17H,4,6-7H2,1-3H3;4-9H,1H2,2-3H3/t18-,27?,29-;10-,15-;/m00./s1. The number of hydrogen-bond donors (Lipinski definition) is 1. The third-order valence-electron chi connectivity index (χ3n) is 14.4. The van der Waals surface area contributed by atoms with E-state index in [0.29, 0.717) is 28.7 Å². The zero-order valence-electron chi connectivity index (χ0n) is 42.7. The first-order chi connectivity index (χ1) is 34.0. The van der Waals surface area contributed by atoms with Gasteiger partial charge in [-0.1, -0.05) is 87.0 Å². The Kier molecular flexibility index (Phi) is 16.9. The Morgan fingerprint density at radius 3 is 1.69 bits per heavy atom. The Bertz CT molecular complexity index is 2890. The largest absolute Gasteiger partial charge is 0.508 e. The summed E-state index contributed by atoms with van der Waals surface area (Å²) in [6.07, 6.45) is 8.66. The molecule has 0 bridgehead atoms. The number of ether oxygens (including phenoxy) is 3. The number of halogens is 2. The lowest BCUT2D eigenvalue weighted by Crippen LogP contribution is -2.23. The molecule has 2 aliphatic carbocycles. The second-order valence-corrected chi connectivity index (χ2v) is 19.5. The third kappa shape index (κ3) is 12.4. The average Bonchev–Trinajstić information content (AvgIpc) is 4.33. The summed E-state index contributed by atoms with van der Waals surface area (Å²) in [6, 6.07) is 30.1. The number of carbonyl (C=O) groups is 2. The molecular weight excluding hydrogens is 895 g/mol. The number of aromatic hydroxyl groups is 1. The molecule has 3 aliphatic rings. The number of phenols is 1. The van der Waals surface area contributed by atoms with Crippen LogP contribution in [0.15, 0.2) is 104 Å². The molecule has 1 aliphatic heterocycles. The number of carbonyl (C=O) groups excluding carboxylic acids is 2. The predicted octanol–water partition coefficient (Wildman–Crippen LogP) is 14.3. The van der Waals surface area contributed by atoms with Crippen LogP contribution in [0.4, 0.5) is 8.78 Å². The molecule has 0 radical (unpaired) electrons. The highest BCUT2D eigenvalue weighted by Crippen LogP contribution is 2.49. The van der Waals surface area contributed by atoms with E-state index in [1.54, 1.807) is 18.2 Å². The van der Waals surface area contributed by atoms with Gasteiger partial charge in [-0.3, -0.25) is 19.6 Å². The van der Waals surface area contributed by atoms with Crippen molar-refractivity contribution in [2.75, 3.05) is 14.2 Å². The quantitative estimate of drug-likeness (QED) is 0.114. The van der Waals surface area contributed by atoms with E-state index in [1.165, 1.54) is 31.9 Å². The van der Waals surface area contributed by atoms with Gasteiger partial charge in [-0.2, -0.15) is 0 Å². The molecule has 2 aromatic heterocycles. The molecule has 9 rings (SSSR count). The maximum Gasteiger partial charge on any atom is 0.309 e. The summed E-state index contributed by atoms with van der Waals surface area (Å²) < 4.78 is 44.6. The number of hydrogen-bond acceptors (Lipinski definition) is 8. The van der Waals surface area contributed by atoms with Crippen LogP contribution in [0.3, 0.4) is 0 Å². The van der Waals surface area contributed by atoms with Gasteiger partial charge in [0.1, 0.15) is 29.2 Å². The Morgan fingerprint density at radius 1 is 0.690 bits per heavy atom. The van der Waals surface area contributed by atoms with Crippen molar-refractivity contribution in [3.63, 3.8) is 0 Å². The van der Waals surface area contributed by atoms with Gasteiger partial charge in [0.15, 0.2) is 0 Å². The molecule has 1 unspecified atom stereocenters. The van der Waals surface area contributed by atoms with Gasteiger partial charge < -0.3 is 19.3 Å². The smallest absolute Gasteiger partial charge is 0.309 e. The van der Waals surface area contributed by atoms with Crippen molar-refractivity contribution in [3.05, 3.63) is 171 Å². The van der Waals surface area contributed by atoms with Crippen molar-refractivity contribution in [1.29, 1.82) is 0 Å². The van der Waals surface area contributed by atoms with Gasteiger partial charge >= 0.3 is 11.9 Å². The van der Waals surface area contributed by atoms with E-state index in [-0.39, 0.29) is 53.3 Å². The molecule has 2 fully saturated rings. The maximum atomic E-state index is 14.5. The molecule has 71 heavy (non-hydrogen) atoms. The van der Waals surface area contributed by atoms with Crippen LogP contribution in [0, 0.1) is 63.0 Å². The molecule has 3 heterocycles. The highest BCUT2D eigenvalue weighted by atomic mass is 19.1. The van der Waals surface area contributed by atoms with E-state index in [9.17, 15) is 23.5 Å². The second-order valence-electron chi connectivity index (χ2n) is 19.5. The zero-order valence-corrected chi connectivity index (χ0v) is 42.7. The predicted molar refractivity (Wildman–Crippen MR) is 277 cm³/mol. The fourth-order valence-electron chi connectivity index (χ4n) is 10.1. The minimum atomic E-state index is -0.241.